The highest BCUT2D eigenvalue weighted by Crippen LogP contribution is 2.63. The highest BCUT2D eigenvalue weighted by molar-refractivity contribution is 7.85. The third kappa shape index (κ3) is 2.37. The highest BCUT2D eigenvalue weighted by atomic mass is 35.5. The predicted molar refractivity (Wildman–Crippen MR) is 104 cm³/mol. The van der Waals surface area contributed by atoms with Crippen LogP contribution in [0.1, 0.15) is 32.8 Å². The Hall–Kier alpha value is -2.27. The molecule has 134 valence electrons. The predicted octanol–water partition coefficient (Wildman–Crippen LogP) is 4.90. The molecule has 2 heterocycles. The summed E-state index contributed by atoms with van der Waals surface area (Å²) < 4.78 is 19.6. The summed E-state index contributed by atoms with van der Waals surface area (Å²) in [5, 5.41) is -0.0361. The number of carbonyl (C=O) groups is 1. The fourth-order valence-corrected chi connectivity index (χ4v) is 6.05. The summed E-state index contributed by atoms with van der Waals surface area (Å²) in [6.07, 6.45) is -0.513. The first-order valence-corrected chi connectivity index (χ1v) is 10.3. The smallest absolute Gasteiger partial charge is 0.200 e. The van der Waals surface area contributed by atoms with Gasteiger partial charge in [-0.1, -0.05) is 78.3 Å². The van der Waals surface area contributed by atoms with Crippen molar-refractivity contribution < 1.29 is 13.7 Å². The molecule has 2 aliphatic rings. The Morgan fingerprint density at radius 2 is 1.56 bits per heavy atom. The van der Waals surface area contributed by atoms with Gasteiger partial charge in [-0.2, -0.15) is 0 Å². The van der Waals surface area contributed by atoms with Crippen molar-refractivity contribution in [3.8, 4) is 0 Å². The van der Waals surface area contributed by atoms with Gasteiger partial charge >= 0.3 is 0 Å². The molecule has 3 aromatic rings. The third-order valence-corrected chi connectivity index (χ3v) is 7.43. The molecule has 0 aromatic heterocycles. The van der Waals surface area contributed by atoms with Crippen molar-refractivity contribution in [2.24, 2.45) is 0 Å². The van der Waals surface area contributed by atoms with E-state index in [9.17, 15) is 9.00 Å². The number of hydrogen-bond acceptors (Lipinski definition) is 3. The summed E-state index contributed by atoms with van der Waals surface area (Å²) in [4.78, 5) is 14.1. The second-order valence-electron chi connectivity index (χ2n) is 6.73. The Morgan fingerprint density at radius 1 is 0.889 bits per heavy atom. The largest absolute Gasteiger partial charge is 0.350 e. The van der Waals surface area contributed by atoms with Gasteiger partial charge in [-0.15, -0.1) is 0 Å². The number of fused-ring (bicyclic) bond motifs is 1. The van der Waals surface area contributed by atoms with Gasteiger partial charge in [-0.25, -0.2) is 0 Å². The van der Waals surface area contributed by atoms with Crippen LogP contribution in [0.4, 0.5) is 0 Å². The maximum atomic E-state index is 13.5. The molecule has 1 spiro atoms. The molecule has 27 heavy (non-hydrogen) atoms. The van der Waals surface area contributed by atoms with Crippen molar-refractivity contribution >= 4 is 28.2 Å². The molecule has 2 aliphatic heterocycles. The van der Waals surface area contributed by atoms with E-state index in [1.807, 2.05) is 54.6 Å². The summed E-state index contributed by atoms with van der Waals surface area (Å²) in [6.45, 7) is 0. The van der Waals surface area contributed by atoms with Gasteiger partial charge in [0, 0.05) is 16.1 Å². The Labute approximate surface area is 164 Å². The van der Waals surface area contributed by atoms with Crippen molar-refractivity contribution in [1.82, 2.24) is 0 Å². The van der Waals surface area contributed by atoms with Crippen molar-refractivity contribution in [3.63, 3.8) is 0 Å². The summed E-state index contributed by atoms with van der Waals surface area (Å²) in [5.41, 5.74) is 0.863. The van der Waals surface area contributed by atoms with Gasteiger partial charge < -0.3 is 4.74 Å². The first-order chi connectivity index (χ1) is 13.1. The lowest BCUT2D eigenvalue weighted by Gasteiger charge is -2.30. The number of benzene rings is 3. The molecular weight excluding hydrogens is 380 g/mol. The molecule has 4 atom stereocenters. The summed E-state index contributed by atoms with van der Waals surface area (Å²) in [6, 6.07) is 23.9. The van der Waals surface area contributed by atoms with Crippen LogP contribution in [0.3, 0.4) is 0 Å². The summed E-state index contributed by atoms with van der Waals surface area (Å²) in [7, 11) is -1.42. The van der Waals surface area contributed by atoms with E-state index in [-0.39, 0.29) is 5.78 Å². The van der Waals surface area contributed by atoms with E-state index in [4.69, 9.17) is 16.3 Å². The van der Waals surface area contributed by atoms with Crippen LogP contribution >= 0.6 is 11.6 Å². The van der Waals surface area contributed by atoms with Crippen molar-refractivity contribution in [2.45, 2.75) is 21.9 Å². The number of epoxide rings is 1. The van der Waals surface area contributed by atoms with E-state index in [0.29, 0.717) is 15.5 Å². The Bertz CT molecular complexity index is 1080. The lowest BCUT2D eigenvalue weighted by Crippen LogP contribution is -2.40. The molecule has 3 nitrogen and oxygen atoms in total. The molecule has 1 unspecified atom stereocenters. The van der Waals surface area contributed by atoms with E-state index in [0.717, 1.165) is 11.1 Å². The maximum absolute atomic E-state index is 13.5. The maximum Gasteiger partial charge on any atom is 0.200 e. The van der Waals surface area contributed by atoms with Gasteiger partial charge in [0.2, 0.25) is 5.78 Å². The standard InChI is InChI=1S/C22H15ClO3S/c23-17-12-6-4-10-15(17)20-22(26-20)19(24)16-11-5-7-13-18(16)27(25)21(22)14-8-2-1-3-9-14/h1-13,20-21H/t20-,21+,22-,27?/m0/s1. The van der Waals surface area contributed by atoms with E-state index >= 15 is 0 Å². The zero-order chi connectivity index (χ0) is 18.6. The van der Waals surface area contributed by atoms with E-state index in [1.54, 1.807) is 24.3 Å². The number of ketones is 1. The summed E-state index contributed by atoms with van der Waals surface area (Å²) >= 11 is 6.37. The van der Waals surface area contributed by atoms with Crippen molar-refractivity contribution in [2.75, 3.05) is 0 Å². The zero-order valence-corrected chi connectivity index (χ0v) is 15.7. The Balaban J connectivity index is 1.72. The number of Topliss-reactive ketones (excluding diaryl/α,β-unsaturated/α-hetero) is 1. The number of halogens is 1. The van der Waals surface area contributed by atoms with Crippen LogP contribution in [0.2, 0.25) is 5.02 Å². The molecular formula is C22H15ClO3S. The molecule has 0 radical (unpaired) electrons. The van der Waals surface area contributed by atoms with E-state index in [2.05, 4.69) is 0 Å². The minimum atomic E-state index is -1.42. The van der Waals surface area contributed by atoms with Gasteiger partial charge in [0.25, 0.3) is 0 Å². The normalized spacial score (nSPS) is 28.8. The minimum Gasteiger partial charge on any atom is -0.350 e. The first-order valence-electron chi connectivity index (χ1n) is 8.66. The average molecular weight is 395 g/mol. The van der Waals surface area contributed by atoms with Gasteiger partial charge in [0.1, 0.15) is 11.4 Å². The molecule has 1 saturated heterocycles. The molecule has 0 bridgehead atoms. The van der Waals surface area contributed by atoms with Crippen LogP contribution in [0, 0.1) is 0 Å². The highest BCUT2D eigenvalue weighted by Gasteiger charge is 2.71. The van der Waals surface area contributed by atoms with E-state index < -0.39 is 27.8 Å². The molecule has 0 amide bonds. The zero-order valence-electron chi connectivity index (χ0n) is 14.2. The number of rotatable bonds is 2. The molecule has 0 N–H and O–H groups in total. The van der Waals surface area contributed by atoms with Crippen LogP contribution in [0.25, 0.3) is 0 Å². The monoisotopic (exact) mass is 394 g/mol. The van der Waals surface area contributed by atoms with Gasteiger partial charge in [-0.05, 0) is 17.7 Å². The van der Waals surface area contributed by atoms with Gasteiger partial charge in [-0.3, -0.25) is 9.00 Å². The molecule has 5 heteroatoms. The molecule has 5 rings (SSSR count). The van der Waals surface area contributed by atoms with Crippen molar-refractivity contribution in [3.05, 3.63) is 101 Å². The van der Waals surface area contributed by atoms with Gasteiger partial charge in [0.05, 0.1) is 15.7 Å². The number of carbonyl (C=O) groups excluding carboxylic acids is 1. The van der Waals surface area contributed by atoms with Gasteiger partial charge in [0.15, 0.2) is 5.60 Å². The second-order valence-corrected chi connectivity index (χ2v) is 8.64. The lowest BCUT2D eigenvalue weighted by atomic mass is 9.85. The van der Waals surface area contributed by atoms with Crippen LogP contribution in [-0.2, 0) is 15.5 Å². The quantitative estimate of drug-likeness (QED) is 0.581. The third-order valence-electron chi connectivity index (χ3n) is 5.24. The fourth-order valence-electron chi connectivity index (χ4n) is 3.96. The lowest BCUT2D eigenvalue weighted by molar-refractivity contribution is 0.0859. The minimum absolute atomic E-state index is 0.128. The summed E-state index contributed by atoms with van der Waals surface area (Å²) in [5.74, 6) is -0.128. The second kappa shape index (κ2) is 6.13. The molecule has 0 saturated carbocycles. The van der Waals surface area contributed by atoms with Crippen LogP contribution in [0.5, 0.6) is 0 Å². The number of ether oxygens (including phenoxy) is 1. The first kappa shape index (κ1) is 16.9. The van der Waals surface area contributed by atoms with Crippen molar-refractivity contribution in [1.29, 1.82) is 0 Å². The molecule has 0 aliphatic carbocycles. The van der Waals surface area contributed by atoms with E-state index in [1.165, 1.54) is 0 Å². The average Bonchev–Trinajstić information content (AvgIpc) is 3.43. The van der Waals surface area contributed by atoms with Crippen LogP contribution in [0.15, 0.2) is 83.8 Å². The van der Waals surface area contributed by atoms with Crippen LogP contribution < -0.4 is 0 Å². The molecule has 3 aromatic carbocycles. The Kier molecular flexibility index (Phi) is 3.83. The SMILES string of the molecule is O=C1c2ccccc2S(=O)[C@H](c2ccccc2)[C@]12O[C@H]2c1ccccc1Cl. The number of hydrogen-bond donors (Lipinski definition) is 0. The fraction of sp³-hybridized carbons (Fsp3) is 0.136. The van der Waals surface area contributed by atoms with Crippen LogP contribution in [-0.4, -0.2) is 15.6 Å². The Morgan fingerprint density at radius 3 is 2.33 bits per heavy atom. The topological polar surface area (TPSA) is 46.7 Å². The molecule has 1 fully saturated rings.